The summed E-state index contributed by atoms with van der Waals surface area (Å²) in [6.07, 6.45) is 9.49. The van der Waals surface area contributed by atoms with Crippen LogP contribution in [0.15, 0.2) is 24.5 Å². The Kier molecular flexibility index (Phi) is 5.23. The van der Waals surface area contributed by atoms with Gasteiger partial charge in [0.1, 0.15) is 0 Å². The van der Waals surface area contributed by atoms with Gasteiger partial charge in [0, 0.05) is 18.4 Å². The third-order valence-corrected chi connectivity index (χ3v) is 2.42. The van der Waals surface area contributed by atoms with Crippen LogP contribution >= 0.6 is 0 Å². The Hall–Kier alpha value is -0.890. The fourth-order valence-electron chi connectivity index (χ4n) is 1.63. The molecule has 0 aliphatic carbocycles. The second-order valence-electron chi connectivity index (χ2n) is 3.80. The summed E-state index contributed by atoms with van der Waals surface area (Å²) in [5.74, 6) is 0. The highest BCUT2D eigenvalue weighted by molar-refractivity contribution is 5.08. The quantitative estimate of drug-likeness (QED) is 0.752. The van der Waals surface area contributed by atoms with Gasteiger partial charge in [-0.05, 0) is 37.3 Å². The average molecular weight is 192 g/mol. The lowest BCUT2D eigenvalue weighted by molar-refractivity contribution is 0.539. The molecule has 0 saturated heterocycles. The van der Waals surface area contributed by atoms with Gasteiger partial charge in [0.2, 0.25) is 0 Å². The van der Waals surface area contributed by atoms with Crippen molar-refractivity contribution in [3.8, 4) is 0 Å². The lowest BCUT2D eigenvalue weighted by Crippen LogP contribution is -2.19. The molecule has 0 saturated carbocycles. The molecule has 1 heterocycles. The predicted octanol–water partition coefficient (Wildman–Crippen LogP) is 2.53. The monoisotopic (exact) mass is 192 g/mol. The van der Waals surface area contributed by atoms with E-state index in [9.17, 15) is 0 Å². The lowest BCUT2D eigenvalue weighted by Gasteiger charge is -2.09. The molecule has 78 valence electrons. The van der Waals surface area contributed by atoms with Gasteiger partial charge in [-0.2, -0.15) is 0 Å². The zero-order valence-corrected chi connectivity index (χ0v) is 8.95. The van der Waals surface area contributed by atoms with E-state index in [1.54, 1.807) is 0 Å². The van der Waals surface area contributed by atoms with Gasteiger partial charge in [-0.1, -0.05) is 19.4 Å². The minimum Gasteiger partial charge on any atom is -0.328 e. The summed E-state index contributed by atoms with van der Waals surface area (Å²) in [6, 6.07) is 4.50. The van der Waals surface area contributed by atoms with Gasteiger partial charge in [0.15, 0.2) is 0 Å². The van der Waals surface area contributed by atoms with E-state index < -0.39 is 0 Å². The maximum atomic E-state index is 5.93. The molecule has 2 N–H and O–H groups in total. The van der Waals surface area contributed by atoms with E-state index in [-0.39, 0.29) is 0 Å². The molecular formula is C12H20N2. The molecule has 0 fully saturated rings. The Labute approximate surface area is 86.5 Å². The first-order valence-corrected chi connectivity index (χ1v) is 5.47. The molecule has 0 spiro atoms. The second kappa shape index (κ2) is 6.55. The third kappa shape index (κ3) is 4.38. The van der Waals surface area contributed by atoms with Gasteiger partial charge in [0.25, 0.3) is 0 Å². The zero-order valence-electron chi connectivity index (χ0n) is 8.95. The third-order valence-electron chi connectivity index (χ3n) is 2.42. The average Bonchev–Trinajstić information content (AvgIpc) is 2.20. The molecule has 0 amide bonds. The van der Waals surface area contributed by atoms with Gasteiger partial charge in [0.05, 0.1) is 0 Å². The summed E-state index contributed by atoms with van der Waals surface area (Å²) in [5, 5.41) is 0. The molecule has 0 aromatic carbocycles. The number of hydrogen-bond acceptors (Lipinski definition) is 2. The Balaban J connectivity index is 2.16. The van der Waals surface area contributed by atoms with E-state index in [0.717, 1.165) is 19.3 Å². The van der Waals surface area contributed by atoms with E-state index in [2.05, 4.69) is 18.0 Å². The van der Waals surface area contributed by atoms with Crippen LogP contribution in [0.4, 0.5) is 0 Å². The number of nitrogens with zero attached hydrogens (tertiary/aromatic N) is 1. The molecule has 0 radical (unpaired) electrons. The number of nitrogens with two attached hydrogens (primary N) is 1. The molecule has 2 heteroatoms. The highest BCUT2D eigenvalue weighted by Gasteiger charge is 2.00. The maximum Gasteiger partial charge on any atom is 0.0299 e. The van der Waals surface area contributed by atoms with E-state index in [0.29, 0.717) is 6.04 Å². The van der Waals surface area contributed by atoms with Crippen molar-refractivity contribution in [1.82, 2.24) is 4.98 Å². The van der Waals surface area contributed by atoms with Crippen molar-refractivity contribution < 1.29 is 0 Å². The van der Waals surface area contributed by atoms with Crippen LogP contribution in [0.1, 0.15) is 38.2 Å². The van der Waals surface area contributed by atoms with Crippen molar-refractivity contribution in [2.45, 2.75) is 45.1 Å². The van der Waals surface area contributed by atoms with Crippen LogP contribution in [0.2, 0.25) is 0 Å². The molecule has 0 aliphatic rings. The molecule has 0 bridgehead atoms. The Bertz CT molecular complexity index is 233. The minimum atomic E-state index is 0.386. The second-order valence-corrected chi connectivity index (χ2v) is 3.80. The summed E-state index contributed by atoms with van der Waals surface area (Å²) in [7, 11) is 0. The molecule has 2 nitrogen and oxygen atoms in total. The van der Waals surface area contributed by atoms with Crippen LogP contribution in [0.25, 0.3) is 0 Å². The first-order valence-electron chi connectivity index (χ1n) is 5.47. The van der Waals surface area contributed by atoms with Crippen molar-refractivity contribution in [3.63, 3.8) is 0 Å². The molecular weight excluding hydrogens is 172 g/mol. The van der Waals surface area contributed by atoms with Gasteiger partial charge in [-0.15, -0.1) is 0 Å². The van der Waals surface area contributed by atoms with E-state index in [1.165, 1.54) is 18.4 Å². The van der Waals surface area contributed by atoms with E-state index in [4.69, 9.17) is 5.73 Å². The van der Waals surface area contributed by atoms with Crippen LogP contribution in [-0.2, 0) is 6.42 Å². The highest BCUT2D eigenvalue weighted by atomic mass is 14.6. The standard InChI is InChI=1S/C12H20N2/c1-2-5-12(13)8-3-6-11-7-4-9-14-10-11/h4,7,9-10,12H,2-3,5-6,8,13H2,1H3/t12-/m1/s1. The first-order chi connectivity index (χ1) is 6.83. The molecule has 14 heavy (non-hydrogen) atoms. The number of pyridine rings is 1. The number of aryl methyl sites for hydroxylation is 1. The van der Waals surface area contributed by atoms with E-state index >= 15 is 0 Å². The van der Waals surface area contributed by atoms with Gasteiger partial charge >= 0.3 is 0 Å². The SMILES string of the molecule is CCC[C@@H](N)CCCc1cccnc1. The summed E-state index contributed by atoms with van der Waals surface area (Å²) < 4.78 is 0. The van der Waals surface area contributed by atoms with Crippen LogP contribution < -0.4 is 5.73 Å². The van der Waals surface area contributed by atoms with Gasteiger partial charge in [-0.25, -0.2) is 0 Å². The topological polar surface area (TPSA) is 38.9 Å². The zero-order chi connectivity index (χ0) is 10.2. The summed E-state index contributed by atoms with van der Waals surface area (Å²) in [5.41, 5.74) is 7.25. The van der Waals surface area contributed by atoms with Crippen molar-refractivity contribution in [1.29, 1.82) is 0 Å². The fraction of sp³-hybridized carbons (Fsp3) is 0.583. The van der Waals surface area contributed by atoms with Crippen molar-refractivity contribution in [3.05, 3.63) is 30.1 Å². The largest absolute Gasteiger partial charge is 0.328 e. The summed E-state index contributed by atoms with van der Waals surface area (Å²) in [6.45, 7) is 2.18. The molecule has 1 rings (SSSR count). The molecule has 0 unspecified atom stereocenters. The lowest BCUT2D eigenvalue weighted by atomic mass is 10.0. The van der Waals surface area contributed by atoms with Crippen LogP contribution in [-0.4, -0.2) is 11.0 Å². The highest BCUT2D eigenvalue weighted by Crippen LogP contribution is 2.07. The van der Waals surface area contributed by atoms with Crippen LogP contribution in [0, 0.1) is 0 Å². The number of hydrogen-bond donors (Lipinski definition) is 1. The number of aromatic nitrogens is 1. The summed E-state index contributed by atoms with van der Waals surface area (Å²) in [4.78, 5) is 4.09. The van der Waals surface area contributed by atoms with Crippen LogP contribution in [0.3, 0.4) is 0 Å². The van der Waals surface area contributed by atoms with E-state index in [1.807, 2.05) is 18.5 Å². The van der Waals surface area contributed by atoms with Crippen LogP contribution in [0.5, 0.6) is 0 Å². The molecule has 1 aromatic heterocycles. The van der Waals surface area contributed by atoms with Gasteiger partial charge in [-0.3, -0.25) is 4.98 Å². The van der Waals surface area contributed by atoms with Crippen molar-refractivity contribution in [2.75, 3.05) is 0 Å². The normalized spacial score (nSPS) is 12.7. The Morgan fingerprint density at radius 2 is 2.29 bits per heavy atom. The van der Waals surface area contributed by atoms with Crippen molar-refractivity contribution in [2.24, 2.45) is 5.73 Å². The fourth-order valence-corrected chi connectivity index (χ4v) is 1.63. The van der Waals surface area contributed by atoms with Gasteiger partial charge < -0.3 is 5.73 Å². The maximum absolute atomic E-state index is 5.93. The smallest absolute Gasteiger partial charge is 0.0299 e. The number of rotatable bonds is 6. The minimum absolute atomic E-state index is 0.386. The van der Waals surface area contributed by atoms with Crippen molar-refractivity contribution >= 4 is 0 Å². The predicted molar refractivity (Wildman–Crippen MR) is 60.1 cm³/mol. The Morgan fingerprint density at radius 1 is 1.43 bits per heavy atom. The molecule has 1 aromatic rings. The first kappa shape index (κ1) is 11.2. The molecule has 0 aliphatic heterocycles. The molecule has 1 atom stereocenters. The summed E-state index contributed by atoms with van der Waals surface area (Å²) >= 11 is 0. The Morgan fingerprint density at radius 3 is 2.93 bits per heavy atom.